The zero-order valence-corrected chi connectivity index (χ0v) is 22.6. The lowest BCUT2D eigenvalue weighted by Gasteiger charge is -2.38. The molecule has 0 aliphatic carbocycles. The fourth-order valence-electron chi connectivity index (χ4n) is 5.12. The minimum absolute atomic E-state index is 0.0423. The number of nitrogens with zero attached hydrogens (tertiary/aromatic N) is 2. The van der Waals surface area contributed by atoms with Crippen molar-refractivity contribution >= 4 is 11.6 Å². The Morgan fingerprint density at radius 1 is 0.853 bits per heavy atom. The number of allylic oxidation sites excluding steroid dienone is 2. The molecule has 2 aliphatic rings. The quantitative estimate of drug-likeness (QED) is 0.403. The van der Waals surface area contributed by atoms with E-state index < -0.39 is 0 Å². The van der Waals surface area contributed by atoms with Gasteiger partial charge in [-0.3, -0.25) is 9.59 Å². The summed E-state index contributed by atoms with van der Waals surface area (Å²) in [4.78, 5) is 32.1. The molecular weight excluding hydrogens is 420 g/mol. The first-order valence-electron chi connectivity index (χ1n) is 13.0. The second-order valence-electron chi connectivity index (χ2n) is 12.0. The molecule has 1 aromatic rings. The van der Waals surface area contributed by atoms with Crippen molar-refractivity contribution in [2.45, 2.75) is 74.7 Å². The summed E-state index contributed by atoms with van der Waals surface area (Å²) in [5.41, 5.74) is 3.50. The van der Waals surface area contributed by atoms with Crippen molar-refractivity contribution in [3.05, 3.63) is 58.4 Å². The van der Waals surface area contributed by atoms with Gasteiger partial charge in [0.15, 0.2) is 11.6 Å². The molecule has 2 heterocycles. The van der Waals surface area contributed by atoms with Crippen LogP contribution in [0.1, 0.15) is 94.0 Å². The molecule has 0 aromatic heterocycles. The summed E-state index contributed by atoms with van der Waals surface area (Å²) in [5, 5.41) is 0. The van der Waals surface area contributed by atoms with Gasteiger partial charge in [-0.15, -0.1) is 0 Å². The molecule has 0 amide bonds. The van der Waals surface area contributed by atoms with Gasteiger partial charge in [-0.25, -0.2) is 0 Å². The van der Waals surface area contributed by atoms with Gasteiger partial charge in [0, 0.05) is 60.9 Å². The number of ketones is 2. The molecule has 0 radical (unpaired) electrons. The zero-order valence-electron chi connectivity index (χ0n) is 22.6. The Morgan fingerprint density at radius 3 is 1.79 bits per heavy atom. The summed E-state index contributed by atoms with van der Waals surface area (Å²) in [7, 11) is 0. The molecule has 0 N–H and O–H groups in total. The lowest BCUT2D eigenvalue weighted by Crippen LogP contribution is -2.36. The minimum atomic E-state index is -0.187. The van der Waals surface area contributed by atoms with Crippen LogP contribution in [0.5, 0.6) is 0 Å². The Hall–Kier alpha value is -2.36. The molecule has 34 heavy (non-hydrogen) atoms. The zero-order chi connectivity index (χ0) is 25.3. The van der Waals surface area contributed by atoms with Crippen molar-refractivity contribution in [2.24, 2.45) is 16.7 Å². The first-order valence-corrected chi connectivity index (χ1v) is 13.0. The molecule has 0 saturated carbocycles. The van der Waals surface area contributed by atoms with Gasteiger partial charge in [-0.2, -0.15) is 0 Å². The van der Waals surface area contributed by atoms with Crippen LogP contribution >= 0.6 is 0 Å². The third-order valence-electron chi connectivity index (χ3n) is 7.33. The Morgan fingerprint density at radius 2 is 1.32 bits per heavy atom. The first-order chi connectivity index (χ1) is 15.8. The summed E-state index contributed by atoms with van der Waals surface area (Å²) in [5.74, 6) is 0.624. The number of aryl methyl sites for hydroxylation is 1. The Balaban J connectivity index is 1.98. The van der Waals surface area contributed by atoms with Crippen LogP contribution in [0.15, 0.2) is 41.7 Å². The molecule has 0 spiro atoms. The highest BCUT2D eigenvalue weighted by Crippen LogP contribution is 2.39. The van der Waals surface area contributed by atoms with E-state index in [1.165, 1.54) is 0 Å². The van der Waals surface area contributed by atoms with Gasteiger partial charge in [0.1, 0.15) is 0 Å². The fraction of sp³-hybridized carbons (Fsp3) is 0.600. The smallest absolute Gasteiger partial charge is 0.191 e. The van der Waals surface area contributed by atoms with Crippen LogP contribution in [0.4, 0.5) is 0 Å². The summed E-state index contributed by atoms with van der Waals surface area (Å²) in [6.45, 7) is 21.0. The summed E-state index contributed by atoms with van der Waals surface area (Å²) < 4.78 is 0. The van der Waals surface area contributed by atoms with Crippen LogP contribution in [-0.2, 0) is 0 Å². The van der Waals surface area contributed by atoms with Gasteiger partial charge in [0.25, 0.3) is 0 Å². The van der Waals surface area contributed by atoms with Gasteiger partial charge in [-0.05, 0) is 66.7 Å². The van der Waals surface area contributed by atoms with E-state index in [1.54, 1.807) is 0 Å². The molecule has 3 rings (SSSR count). The standard InChI is InChI=1S/C30H44N2O2/c1-9-12-31-13-10-29(5,6)25(19-31)27(33)23-15-22(4)16-24(17-23)28(34)26-20-32(18-21(2)3)14-11-30(26,7)8/h15-17,19-21H,9-14,18H2,1-8H3. The number of benzene rings is 1. The topological polar surface area (TPSA) is 40.6 Å². The van der Waals surface area contributed by atoms with Crippen LogP contribution in [0.2, 0.25) is 0 Å². The predicted molar refractivity (Wildman–Crippen MR) is 141 cm³/mol. The number of rotatable bonds is 8. The van der Waals surface area contributed by atoms with E-state index in [0.717, 1.165) is 62.2 Å². The fourth-order valence-corrected chi connectivity index (χ4v) is 5.12. The van der Waals surface area contributed by atoms with Crippen LogP contribution in [0.25, 0.3) is 0 Å². The van der Waals surface area contributed by atoms with Crippen LogP contribution in [0, 0.1) is 23.7 Å². The SMILES string of the molecule is CCCN1C=C(C(=O)c2cc(C)cc(C(=O)C3=CN(CC(C)C)CCC3(C)C)c2)C(C)(C)CC1. The number of Topliss-reactive ketones (excluding diaryl/α,β-unsaturated/α-hetero) is 2. The summed E-state index contributed by atoms with van der Waals surface area (Å²) >= 11 is 0. The molecule has 0 atom stereocenters. The van der Waals surface area contributed by atoms with E-state index in [2.05, 4.69) is 70.7 Å². The maximum absolute atomic E-state index is 13.8. The summed E-state index contributed by atoms with van der Waals surface area (Å²) in [6.07, 6.45) is 7.10. The highest BCUT2D eigenvalue weighted by Gasteiger charge is 2.35. The van der Waals surface area contributed by atoms with Crippen molar-refractivity contribution in [3.63, 3.8) is 0 Å². The largest absolute Gasteiger partial charge is 0.377 e. The van der Waals surface area contributed by atoms with E-state index in [1.807, 2.05) is 25.1 Å². The third kappa shape index (κ3) is 5.82. The van der Waals surface area contributed by atoms with E-state index in [9.17, 15) is 9.59 Å². The van der Waals surface area contributed by atoms with Crippen molar-refractivity contribution in [1.82, 2.24) is 9.80 Å². The van der Waals surface area contributed by atoms with Crippen molar-refractivity contribution in [2.75, 3.05) is 26.2 Å². The Kier molecular flexibility index (Phi) is 7.79. The molecule has 0 bridgehead atoms. The lowest BCUT2D eigenvalue weighted by molar-refractivity contribution is 0.0985. The third-order valence-corrected chi connectivity index (χ3v) is 7.33. The highest BCUT2D eigenvalue weighted by molar-refractivity contribution is 6.14. The van der Waals surface area contributed by atoms with E-state index >= 15 is 0 Å². The molecule has 4 nitrogen and oxygen atoms in total. The second-order valence-corrected chi connectivity index (χ2v) is 12.0. The molecule has 2 aliphatic heterocycles. The number of carbonyl (C=O) groups excluding carboxylic acids is 2. The maximum Gasteiger partial charge on any atom is 0.191 e. The van der Waals surface area contributed by atoms with E-state index in [0.29, 0.717) is 17.0 Å². The van der Waals surface area contributed by atoms with Crippen molar-refractivity contribution < 1.29 is 9.59 Å². The van der Waals surface area contributed by atoms with Crippen molar-refractivity contribution in [1.29, 1.82) is 0 Å². The van der Waals surface area contributed by atoms with Crippen molar-refractivity contribution in [3.8, 4) is 0 Å². The normalized spacial score (nSPS) is 19.7. The van der Waals surface area contributed by atoms with Gasteiger partial charge in [0.2, 0.25) is 0 Å². The second kappa shape index (κ2) is 10.1. The number of carbonyl (C=O) groups is 2. The van der Waals surface area contributed by atoms with E-state index in [-0.39, 0.29) is 22.4 Å². The van der Waals surface area contributed by atoms with Gasteiger partial charge >= 0.3 is 0 Å². The van der Waals surface area contributed by atoms with Crippen LogP contribution in [-0.4, -0.2) is 47.5 Å². The lowest BCUT2D eigenvalue weighted by atomic mass is 9.74. The molecule has 0 fully saturated rings. The molecule has 0 saturated heterocycles. The van der Waals surface area contributed by atoms with Crippen LogP contribution in [0.3, 0.4) is 0 Å². The van der Waals surface area contributed by atoms with Gasteiger partial charge in [0.05, 0.1) is 0 Å². The number of hydrogen-bond donors (Lipinski definition) is 0. The molecule has 1 aromatic carbocycles. The first kappa shape index (κ1) is 26.2. The Bertz CT molecular complexity index is 997. The highest BCUT2D eigenvalue weighted by atomic mass is 16.1. The average Bonchev–Trinajstić information content (AvgIpc) is 2.74. The number of hydrogen-bond acceptors (Lipinski definition) is 4. The molecule has 186 valence electrons. The Labute approximate surface area is 207 Å². The monoisotopic (exact) mass is 464 g/mol. The van der Waals surface area contributed by atoms with E-state index in [4.69, 9.17) is 0 Å². The van der Waals surface area contributed by atoms with Crippen LogP contribution < -0.4 is 0 Å². The average molecular weight is 465 g/mol. The minimum Gasteiger partial charge on any atom is -0.377 e. The van der Waals surface area contributed by atoms with Gasteiger partial charge in [-0.1, -0.05) is 48.5 Å². The summed E-state index contributed by atoms with van der Waals surface area (Å²) in [6, 6.07) is 5.69. The maximum atomic E-state index is 13.8. The molecular formula is C30H44N2O2. The molecule has 4 heteroatoms. The van der Waals surface area contributed by atoms with Gasteiger partial charge < -0.3 is 9.80 Å². The molecule has 0 unspecified atom stereocenters. The predicted octanol–water partition coefficient (Wildman–Crippen LogP) is 6.66.